The first kappa shape index (κ1) is 42.1. The molecule has 2 rings (SSSR count). The third kappa shape index (κ3) is 24.1. The van der Waals surface area contributed by atoms with Crippen molar-refractivity contribution in [2.45, 2.75) is 119 Å². The summed E-state index contributed by atoms with van der Waals surface area (Å²) in [5.74, 6) is 5.25. The SMILES string of the molecule is C#Cc1cc[c]([Pt][c]2ccc(C#C)cc2)cc1.CCCCP(CCCC)CCCC.CCCCP(CCCC)CCCC. The molecule has 0 N–H and O–H groups in total. The zero-order chi connectivity index (χ0) is 32.0. The van der Waals surface area contributed by atoms with Gasteiger partial charge in [0.1, 0.15) is 0 Å². The van der Waals surface area contributed by atoms with Crippen LogP contribution in [0.25, 0.3) is 0 Å². The minimum absolute atomic E-state index is 0.155. The van der Waals surface area contributed by atoms with Crippen LogP contribution in [0, 0.1) is 24.7 Å². The Kier molecular flexibility index (Phi) is 30.5. The molecule has 0 unspecified atom stereocenters. The van der Waals surface area contributed by atoms with Gasteiger partial charge in [-0.25, -0.2) is 0 Å². The van der Waals surface area contributed by atoms with Crippen LogP contribution in [0.4, 0.5) is 0 Å². The van der Waals surface area contributed by atoms with Gasteiger partial charge in [-0.15, -0.1) is 15.8 Å². The zero-order valence-corrected chi connectivity index (χ0v) is 32.8. The van der Waals surface area contributed by atoms with Crippen LogP contribution in [0.2, 0.25) is 0 Å². The third-order valence-corrected chi connectivity index (χ3v) is 15.6. The fraction of sp³-hybridized carbons (Fsp3) is 0.600. The van der Waals surface area contributed by atoms with Gasteiger partial charge in [-0.1, -0.05) is 80.1 Å². The van der Waals surface area contributed by atoms with E-state index in [1.54, 1.807) is 37.0 Å². The van der Waals surface area contributed by atoms with E-state index in [1.807, 2.05) is 24.3 Å². The van der Waals surface area contributed by atoms with Gasteiger partial charge in [-0.05, 0) is 75.5 Å². The average Bonchev–Trinajstić information content (AvgIpc) is 3.05. The van der Waals surface area contributed by atoms with E-state index in [0.29, 0.717) is 15.8 Å². The van der Waals surface area contributed by atoms with Crippen LogP contribution in [0.1, 0.15) is 130 Å². The molecule has 0 aromatic heterocycles. The maximum absolute atomic E-state index is 5.32. The van der Waals surface area contributed by atoms with Gasteiger partial charge in [0.25, 0.3) is 0 Å². The molecule has 2 aromatic carbocycles. The van der Waals surface area contributed by atoms with Crippen LogP contribution in [0.3, 0.4) is 0 Å². The Hall–Kier alpha value is -0.892. The Morgan fingerprint density at radius 3 is 0.860 bits per heavy atom. The maximum Gasteiger partial charge on any atom is -0.0326 e. The summed E-state index contributed by atoms with van der Waals surface area (Å²) in [6, 6.07) is 16.4. The molecule has 0 spiro atoms. The van der Waals surface area contributed by atoms with Crippen molar-refractivity contribution in [1.82, 2.24) is 0 Å². The van der Waals surface area contributed by atoms with Crippen LogP contribution in [0.15, 0.2) is 48.5 Å². The van der Waals surface area contributed by atoms with Gasteiger partial charge < -0.3 is 0 Å². The van der Waals surface area contributed by atoms with Crippen molar-refractivity contribution in [2.24, 2.45) is 0 Å². The van der Waals surface area contributed by atoms with Crippen LogP contribution in [-0.4, -0.2) is 37.0 Å². The standard InChI is InChI=1S/2C12H27P.2C8H5.Pt/c2*1-4-7-10-13(11-8-5-2)12-9-6-3;2*1-2-8-6-4-3-5-7-8;/h2*4-12H2,1-3H3;2*1,4-7H;. The second-order valence-corrected chi connectivity index (χ2v) is 19.7. The summed E-state index contributed by atoms with van der Waals surface area (Å²) in [6.07, 6.45) is 37.1. The quantitative estimate of drug-likeness (QED) is 0.0924. The largest absolute Gasteiger partial charge is 0.107 e. The average molecular weight is 802 g/mol. The first-order chi connectivity index (χ1) is 21.0. The van der Waals surface area contributed by atoms with E-state index in [1.165, 1.54) is 85.0 Å². The summed E-state index contributed by atoms with van der Waals surface area (Å²) >= 11 is -0.155. The summed E-state index contributed by atoms with van der Waals surface area (Å²) in [7, 11) is 0.843. The van der Waals surface area contributed by atoms with Crippen molar-refractivity contribution >= 4 is 23.7 Å². The fourth-order valence-corrected chi connectivity index (χ4v) is 12.4. The van der Waals surface area contributed by atoms with Crippen LogP contribution in [0.5, 0.6) is 0 Å². The molecule has 0 saturated carbocycles. The van der Waals surface area contributed by atoms with E-state index >= 15 is 0 Å². The normalized spacial score (nSPS) is 10.5. The molecular weight excluding hydrogens is 737 g/mol. The number of hydrogen-bond acceptors (Lipinski definition) is 0. The fourth-order valence-electron chi connectivity index (χ4n) is 4.24. The second kappa shape index (κ2) is 31.1. The molecule has 244 valence electrons. The number of terminal acetylenes is 2. The monoisotopic (exact) mass is 801 g/mol. The zero-order valence-electron chi connectivity index (χ0n) is 28.7. The van der Waals surface area contributed by atoms with Crippen molar-refractivity contribution in [2.75, 3.05) is 37.0 Å². The minimum Gasteiger partial charge on any atom is -0.107 e. The predicted molar refractivity (Wildman–Crippen MR) is 201 cm³/mol. The second-order valence-electron chi connectivity index (χ2n) is 11.1. The molecule has 0 nitrogen and oxygen atoms in total. The van der Waals surface area contributed by atoms with E-state index in [4.69, 9.17) is 12.8 Å². The van der Waals surface area contributed by atoms with Crippen molar-refractivity contribution < 1.29 is 18.6 Å². The predicted octanol–water partition coefficient (Wildman–Crippen LogP) is 11.4. The molecule has 2 aromatic rings. The van der Waals surface area contributed by atoms with Gasteiger partial charge in [0.2, 0.25) is 0 Å². The maximum atomic E-state index is 5.32. The number of unbranched alkanes of at least 4 members (excludes halogenated alkanes) is 6. The Morgan fingerprint density at radius 1 is 0.442 bits per heavy atom. The Labute approximate surface area is 280 Å². The van der Waals surface area contributed by atoms with Gasteiger partial charge >= 0.3 is 111 Å². The van der Waals surface area contributed by atoms with Gasteiger partial charge in [-0.2, -0.15) is 0 Å². The van der Waals surface area contributed by atoms with Crippen LogP contribution >= 0.6 is 15.8 Å². The molecular formula is C40H64P2Pt. The first-order valence-electron chi connectivity index (χ1n) is 17.2. The summed E-state index contributed by atoms with van der Waals surface area (Å²) < 4.78 is 2.72. The van der Waals surface area contributed by atoms with Crippen LogP contribution < -0.4 is 7.91 Å². The molecule has 3 heteroatoms. The van der Waals surface area contributed by atoms with Gasteiger partial charge in [0, 0.05) is 0 Å². The summed E-state index contributed by atoms with van der Waals surface area (Å²) in [5, 5.41) is 0. The summed E-state index contributed by atoms with van der Waals surface area (Å²) in [4.78, 5) is 0. The molecule has 0 amide bonds. The minimum atomic E-state index is -0.155. The Morgan fingerprint density at radius 2 is 0.674 bits per heavy atom. The smallest absolute Gasteiger partial charge is 0.0326 e. The molecule has 0 atom stereocenters. The van der Waals surface area contributed by atoms with E-state index in [0.717, 1.165) is 11.1 Å². The molecule has 0 radical (unpaired) electrons. The molecule has 0 aliphatic heterocycles. The summed E-state index contributed by atoms with van der Waals surface area (Å²) in [6.45, 7) is 13.9. The van der Waals surface area contributed by atoms with Gasteiger partial charge in [0.05, 0.1) is 0 Å². The Balaban J connectivity index is 0.000000627. The van der Waals surface area contributed by atoms with Crippen molar-refractivity contribution in [1.29, 1.82) is 0 Å². The number of hydrogen-bond donors (Lipinski definition) is 0. The van der Waals surface area contributed by atoms with Crippen molar-refractivity contribution in [3.8, 4) is 24.7 Å². The van der Waals surface area contributed by atoms with E-state index in [-0.39, 0.29) is 18.6 Å². The molecule has 0 bridgehead atoms. The number of rotatable bonds is 20. The molecule has 43 heavy (non-hydrogen) atoms. The van der Waals surface area contributed by atoms with E-state index in [9.17, 15) is 0 Å². The van der Waals surface area contributed by atoms with E-state index in [2.05, 4.69) is 77.6 Å². The molecule has 0 fully saturated rings. The van der Waals surface area contributed by atoms with E-state index < -0.39 is 0 Å². The molecule has 0 aliphatic rings. The first-order valence-corrected chi connectivity index (χ1v) is 23.2. The summed E-state index contributed by atoms with van der Waals surface area (Å²) in [5.41, 5.74) is 1.86. The Bertz CT molecular complexity index is 834. The molecule has 0 aliphatic carbocycles. The third-order valence-electron chi connectivity index (χ3n) is 7.13. The number of benzene rings is 2. The molecule has 0 heterocycles. The molecule has 0 saturated heterocycles. The van der Waals surface area contributed by atoms with Crippen molar-refractivity contribution in [3.05, 3.63) is 59.7 Å². The topological polar surface area (TPSA) is 0 Å². The van der Waals surface area contributed by atoms with Gasteiger partial charge in [-0.3, -0.25) is 0 Å². The van der Waals surface area contributed by atoms with Crippen molar-refractivity contribution in [3.63, 3.8) is 0 Å². The van der Waals surface area contributed by atoms with Crippen LogP contribution in [-0.2, 0) is 18.6 Å². The van der Waals surface area contributed by atoms with Gasteiger partial charge in [0.15, 0.2) is 0 Å².